The summed E-state index contributed by atoms with van der Waals surface area (Å²) in [6, 6.07) is 5.14. The van der Waals surface area contributed by atoms with E-state index in [1.165, 1.54) is 12.1 Å². The molecule has 0 amide bonds. The lowest BCUT2D eigenvalue weighted by Gasteiger charge is -2.21. The molecule has 1 aromatic carbocycles. The number of hydrogen-bond acceptors (Lipinski definition) is 2. The lowest BCUT2D eigenvalue weighted by Crippen LogP contribution is -2.32. The van der Waals surface area contributed by atoms with E-state index < -0.39 is 11.7 Å². The van der Waals surface area contributed by atoms with Crippen molar-refractivity contribution >= 4 is 0 Å². The standard InChI is InChI=1S/C15H23F3N2/c1-3-11(4-2)10-20-14(9-19)12-6-5-7-13(8-12)15(16,17)18/h5-8,11,14,20H,3-4,9-10,19H2,1-2H3. The van der Waals surface area contributed by atoms with E-state index in [2.05, 4.69) is 19.2 Å². The number of halogens is 3. The SMILES string of the molecule is CCC(CC)CNC(CN)c1cccc(C(F)(F)F)c1. The average molecular weight is 288 g/mol. The molecule has 1 unspecified atom stereocenters. The fourth-order valence-corrected chi connectivity index (χ4v) is 2.16. The number of hydrogen-bond donors (Lipinski definition) is 2. The van der Waals surface area contributed by atoms with Crippen molar-refractivity contribution in [3.05, 3.63) is 35.4 Å². The van der Waals surface area contributed by atoms with Crippen molar-refractivity contribution in [1.82, 2.24) is 5.32 Å². The lowest BCUT2D eigenvalue weighted by atomic mass is 10.0. The van der Waals surface area contributed by atoms with Crippen LogP contribution in [-0.4, -0.2) is 13.1 Å². The Labute approximate surface area is 118 Å². The predicted molar refractivity (Wildman–Crippen MR) is 75.3 cm³/mol. The minimum absolute atomic E-state index is 0.238. The second-order valence-electron chi connectivity index (χ2n) is 5.00. The van der Waals surface area contributed by atoms with Crippen molar-refractivity contribution in [2.24, 2.45) is 11.7 Å². The van der Waals surface area contributed by atoms with Crippen LogP contribution in [0.5, 0.6) is 0 Å². The molecule has 2 nitrogen and oxygen atoms in total. The molecule has 0 aliphatic carbocycles. The van der Waals surface area contributed by atoms with Gasteiger partial charge in [0.05, 0.1) is 5.56 Å². The molecule has 0 bridgehead atoms. The van der Waals surface area contributed by atoms with E-state index in [4.69, 9.17) is 5.73 Å². The molecule has 0 aliphatic rings. The molecular formula is C15H23F3N2. The van der Waals surface area contributed by atoms with Crippen LogP contribution in [0.15, 0.2) is 24.3 Å². The molecule has 1 rings (SSSR count). The molecule has 0 saturated carbocycles. The molecule has 5 heteroatoms. The van der Waals surface area contributed by atoms with Crippen LogP contribution in [-0.2, 0) is 6.18 Å². The molecule has 114 valence electrons. The Morgan fingerprint density at radius 2 is 1.85 bits per heavy atom. The zero-order valence-corrected chi connectivity index (χ0v) is 12.0. The van der Waals surface area contributed by atoms with E-state index in [9.17, 15) is 13.2 Å². The zero-order chi connectivity index (χ0) is 15.2. The second-order valence-corrected chi connectivity index (χ2v) is 5.00. The van der Waals surface area contributed by atoms with Crippen molar-refractivity contribution in [3.8, 4) is 0 Å². The van der Waals surface area contributed by atoms with Crippen LogP contribution in [0.25, 0.3) is 0 Å². The van der Waals surface area contributed by atoms with Gasteiger partial charge in [0.15, 0.2) is 0 Å². The number of rotatable bonds is 7. The highest BCUT2D eigenvalue weighted by atomic mass is 19.4. The van der Waals surface area contributed by atoms with Gasteiger partial charge in [-0.15, -0.1) is 0 Å². The maximum Gasteiger partial charge on any atom is 0.416 e. The molecule has 0 heterocycles. The molecule has 0 aromatic heterocycles. The topological polar surface area (TPSA) is 38.0 Å². The van der Waals surface area contributed by atoms with Gasteiger partial charge in [-0.05, 0) is 30.2 Å². The highest BCUT2D eigenvalue weighted by molar-refractivity contribution is 5.28. The summed E-state index contributed by atoms with van der Waals surface area (Å²) in [7, 11) is 0. The first-order valence-corrected chi connectivity index (χ1v) is 7.02. The Bertz CT molecular complexity index is 400. The first kappa shape index (κ1) is 17.0. The normalized spacial score (nSPS) is 13.8. The van der Waals surface area contributed by atoms with E-state index >= 15 is 0 Å². The molecule has 1 aromatic rings. The largest absolute Gasteiger partial charge is 0.416 e. The third-order valence-electron chi connectivity index (χ3n) is 3.66. The summed E-state index contributed by atoms with van der Waals surface area (Å²) in [5, 5.41) is 3.27. The highest BCUT2D eigenvalue weighted by Gasteiger charge is 2.30. The second kappa shape index (κ2) is 7.64. The van der Waals surface area contributed by atoms with Gasteiger partial charge in [-0.3, -0.25) is 0 Å². The molecule has 0 aliphatic heterocycles. The van der Waals surface area contributed by atoms with Crippen LogP contribution in [0.2, 0.25) is 0 Å². The van der Waals surface area contributed by atoms with Crippen molar-refractivity contribution in [2.75, 3.05) is 13.1 Å². The van der Waals surface area contributed by atoms with Crippen LogP contribution >= 0.6 is 0 Å². The molecule has 3 N–H and O–H groups in total. The highest BCUT2D eigenvalue weighted by Crippen LogP contribution is 2.30. The van der Waals surface area contributed by atoms with Gasteiger partial charge in [-0.25, -0.2) is 0 Å². The van der Waals surface area contributed by atoms with Gasteiger partial charge >= 0.3 is 6.18 Å². The van der Waals surface area contributed by atoms with Crippen molar-refractivity contribution < 1.29 is 13.2 Å². The van der Waals surface area contributed by atoms with Gasteiger partial charge in [0.1, 0.15) is 0 Å². The van der Waals surface area contributed by atoms with Gasteiger partial charge in [0.25, 0.3) is 0 Å². The first-order valence-electron chi connectivity index (χ1n) is 7.02. The minimum Gasteiger partial charge on any atom is -0.329 e. The van der Waals surface area contributed by atoms with Crippen LogP contribution in [0, 0.1) is 5.92 Å². The van der Waals surface area contributed by atoms with Crippen LogP contribution in [0.1, 0.15) is 43.9 Å². The monoisotopic (exact) mass is 288 g/mol. The molecule has 0 fully saturated rings. The van der Waals surface area contributed by atoms with E-state index in [1.54, 1.807) is 6.07 Å². The van der Waals surface area contributed by atoms with Gasteiger partial charge in [-0.2, -0.15) is 13.2 Å². The Kier molecular flexibility index (Phi) is 6.49. The van der Waals surface area contributed by atoms with E-state index in [1.807, 2.05) is 0 Å². The smallest absolute Gasteiger partial charge is 0.329 e. The average Bonchev–Trinajstić information content (AvgIpc) is 2.43. The van der Waals surface area contributed by atoms with Crippen molar-refractivity contribution in [1.29, 1.82) is 0 Å². The van der Waals surface area contributed by atoms with Gasteiger partial charge < -0.3 is 11.1 Å². The van der Waals surface area contributed by atoms with Crippen molar-refractivity contribution in [2.45, 2.75) is 38.9 Å². The Morgan fingerprint density at radius 3 is 2.35 bits per heavy atom. The quantitative estimate of drug-likeness (QED) is 0.802. The zero-order valence-electron chi connectivity index (χ0n) is 12.0. The van der Waals surface area contributed by atoms with Crippen LogP contribution in [0.4, 0.5) is 13.2 Å². The molecular weight excluding hydrogens is 265 g/mol. The third kappa shape index (κ3) is 4.80. The Morgan fingerprint density at radius 1 is 1.20 bits per heavy atom. The fourth-order valence-electron chi connectivity index (χ4n) is 2.16. The van der Waals surface area contributed by atoms with Gasteiger partial charge in [0, 0.05) is 12.6 Å². The fraction of sp³-hybridized carbons (Fsp3) is 0.600. The molecule has 0 radical (unpaired) electrons. The van der Waals surface area contributed by atoms with Crippen LogP contribution < -0.4 is 11.1 Å². The number of benzene rings is 1. The van der Waals surface area contributed by atoms with Gasteiger partial charge in [0.2, 0.25) is 0 Å². The summed E-state index contributed by atoms with van der Waals surface area (Å²) in [5.41, 5.74) is 5.65. The maximum atomic E-state index is 12.7. The summed E-state index contributed by atoms with van der Waals surface area (Å²) >= 11 is 0. The summed E-state index contributed by atoms with van der Waals surface area (Å²) in [6.07, 6.45) is -2.22. The van der Waals surface area contributed by atoms with E-state index in [-0.39, 0.29) is 12.6 Å². The lowest BCUT2D eigenvalue weighted by molar-refractivity contribution is -0.137. The van der Waals surface area contributed by atoms with Gasteiger partial charge in [-0.1, -0.05) is 38.8 Å². The maximum absolute atomic E-state index is 12.7. The number of nitrogens with two attached hydrogens (primary N) is 1. The Hall–Kier alpha value is -1.07. The summed E-state index contributed by atoms with van der Waals surface area (Å²) in [5.74, 6) is 0.523. The molecule has 0 saturated heterocycles. The van der Waals surface area contributed by atoms with Crippen LogP contribution in [0.3, 0.4) is 0 Å². The molecule has 20 heavy (non-hydrogen) atoms. The molecule has 0 spiro atoms. The first-order chi connectivity index (χ1) is 9.42. The molecule has 1 atom stereocenters. The third-order valence-corrected chi connectivity index (χ3v) is 3.66. The summed E-state index contributed by atoms with van der Waals surface area (Å²) in [4.78, 5) is 0. The Balaban J connectivity index is 2.79. The van der Waals surface area contributed by atoms with E-state index in [0.29, 0.717) is 11.5 Å². The predicted octanol–water partition coefficient (Wildman–Crippen LogP) is 3.73. The van der Waals surface area contributed by atoms with E-state index in [0.717, 1.165) is 25.5 Å². The summed E-state index contributed by atoms with van der Waals surface area (Å²) in [6.45, 7) is 5.27. The number of nitrogens with one attached hydrogen (secondary N) is 1. The number of alkyl halides is 3. The van der Waals surface area contributed by atoms with Crippen molar-refractivity contribution in [3.63, 3.8) is 0 Å². The minimum atomic E-state index is -4.31. The summed E-state index contributed by atoms with van der Waals surface area (Å²) < 4.78 is 38.1.